The molecule has 0 radical (unpaired) electrons. The number of ether oxygens (including phenoxy) is 1. The van der Waals surface area contributed by atoms with Crippen LogP contribution in [0.5, 0.6) is 5.75 Å². The van der Waals surface area contributed by atoms with Gasteiger partial charge in [0.15, 0.2) is 5.13 Å². The number of hydrogen-bond donors (Lipinski definition) is 1. The maximum Gasteiger partial charge on any atom is 0.301 e. The number of amides is 1. The smallest absolute Gasteiger partial charge is 0.301 e. The van der Waals surface area contributed by atoms with Crippen LogP contribution in [0.25, 0.3) is 5.76 Å². The van der Waals surface area contributed by atoms with E-state index >= 15 is 0 Å². The van der Waals surface area contributed by atoms with Crippen LogP contribution in [0.4, 0.5) is 10.8 Å². The number of aromatic nitrogens is 1. The van der Waals surface area contributed by atoms with Gasteiger partial charge in [0.25, 0.3) is 11.5 Å². The molecule has 0 aliphatic carbocycles. The molecule has 0 spiro atoms. The van der Waals surface area contributed by atoms with Crippen molar-refractivity contribution in [3.05, 3.63) is 86.4 Å². The zero-order valence-electron chi connectivity index (χ0n) is 17.0. The van der Waals surface area contributed by atoms with Crippen molar-refractivity contribution >= 4 is 39.6 Å². The number of nitrogens with zero attached hydrogens (tertiary/aromatic N) is 3. The lowest BCUT2D eigenvalue weighted by Gasteiger charge is -2.22. The summed E-state index contributed by atoms with van der Waals surface area (Å²) in [5, 5.41) is 24.3. The topological polar surface area (TPSA) is 123 Å². The van der Waals surface area contributed by atoms with Gasteiger partial charge in [0.2, 0.25) is 0 Å². The summed E-state index contributed by atoms with van der Waals surface area (Å²) in [6.45, 7) is 1.78. The lowest BCUT2D eigenvalue weighted by molar-refractivity contribution is -0.384. The van der Waals surface area contributed by atoms with E-state index in [1.165, 1.54) is 31.5 Å². The highest BCUT2D eigenvalue weighted by atomic mass is 32.1. The molecule has 162 valence electrons. The molecule has 0 bridgehead atoms. The van der Waals surface area contributed by atoms with Crippen molar-refractivity contribution in [1.82, 2.24) is 4.98 Å². The van der Waals surface area contributed by atoms with Crippen LogP contribution < -0.4 is 9.64 Å². The van der Waals surface area contributed by atoms with Crippen molar-refractivity contribution in [3.8, 4) is 5.75 Å². The predicted octanol–water partition coefficient (Wildman–Crippen LogP) is 3.99. The van der Waals surface area contributed by atoms with Crippen LogP contribution in [0, 0.1) is 17.0 Å². The van der Waals surface area contributed by atoms with E-state index in [-0.39, 0.29) is 22.2 Å². The van der Waals surface area contributed by atoms with Crippen LogP contribution in [-0.2, 0) is 9.59 Å². The summed E-state index contributed by atoms with van der Waals surface area (Å²) in [4.78, 5) is 42.1. The molecule has 9 nitrogen and oxygen atoms in total. The third kappa shape index (κ3) is 3.50. The number of nitro benzene ring substituents is 1. The molecule has 2 heterocycles. The van der Waals surface area contributed by atoms with Gasteiger partial charge in [-0.15, -0.1) is 11.3 Å². The zero-order chi connectivity index (χ0) is 23.0. The number of methoxy groups -OCH3 is 1. The van der Waals surface area contributed by atoms with Crippen LogP contribution in [0.1, 0.15) is 22.7 Å². The number of rotatable bonds is 5. The normalized spacial score (nSPS) is 17.6. The lowest BCUT2D eigenvalue weighted by atomic mass is 9.94. The molecule has 2 aromatic carbocycles. The van der Waals surface area contributed by atoms with Gasteiger partial charge in [-0.1, -0.05) is 12.1 Å². The summed E-state index contributed by atoms with van der Waals surface area (Å²) in [7, 11) is 1.52. The second-order valence-corrected chi connectivity index (χ2v) is 7.89. The molecule has 4 rings (SSSR count). The van der Waals surface area contributed by atoms with E-state index in [0.29, 0.717) is 16.9 Å². The first-order valence-electron chi connectivity index (χ1n) is 9.43. The Hall–Kier alpha value is -4.05. The fourth-order valence-electron chi connectivity index (χ4n) is 3.67. The number of benzene rings is 2. The maximum absolute atomic E-state index is 13.0. The van der Waals surface area contributed by atoms with Gasteiger partial charge in [0.05, 0.1) is 23.6 Å². The standard InChI is InChI=1S/C22H17N3O6S/c1-12-10-14(6-7-16(12)31-2)19(26)17-18(13-4-3-5-15(11-13)25(29)30)24(21(28)20(17)27)22-23-8-9-32-22/h3-11,18,26H,1-2H3/b19-17+. The Morgan fingerprint density at radius 2 is 2.03 bits per heavy atom. The highest BCUT2D eigenvalue weighted by molar-refractivity contribution is 7.14. The number of non-ortho nitro benzene ring substituents is 1. The van der Waals surface area contributed by atoms with E-state index in [0.717, 1.165) is 21.8 Å². The summed E-state index contributed by atoms with van der Waals surface area (Å²) in [6, 6.07) is 9.39. The number of hydrogen-bond acceptors (Lipinski definition) is 8. The summed E-state index contributed by atoms with van der Waals surface area (Å²) in [5.74, 6) is -1.56. The fourth-order valence-corrected chi connectivity index (χ4v) is 4.34. The molecule has 1 saturated heterocycles. The van der Waals surface area contributed by atoms with E-state index in [2.05, 4.69) is 4.98 Å². The molecular formula is C22H17N3O6S. The highest BCUT2D eigenvalue weighted by Crippen LogP contribution is 2.43. The van der Waals surface area contributed by atoms with Crippen molar-refractivity contribution in [2.24, 2.45) is 0 Å². The molecule has 1 aliphatic rings. The van der Waals surface area contributed by atoms with Gasteiger partial charge in [-0.2, -0.15) is 0 Å². The maximum atomic E-state index is 13.0. The minimum Gasteiger partial charge on any atom is -0.507 e. The first-order valence-corrected chi connectivity index (χ1v) is 10.3. The summed E-state index contributed by atoms with van der Waals surface area (Å²) in [6.07, 6.45) is 1.48. The van der Waals surface area contributed by atoms with E-state index < -0.39 is 22.7 Å². The van der Waals surface area contributed by atoms with Crippen molar-refractivity contribution in [2.45, 2.75) is 13.0 Å². The third-order valence-electron chi connectivity index (χ3n) is 5.13. The number of carbonyl (C=O) groups is 2. The number of nitro groups is 1. The molecule has 1 fully saturated rings. The molecule has 1 amide bonds. The van der Waals surface area contributed by atoms with Gasteiger partial charge in [-0.05, 0) is 36.2 Å². The SMILES string of the molecule is COc1ccc(/C(O)=C2\C(=O)C(=O)N(c3nccs3)C2c2cccc([N+](=O)[O-])c2)cc1C. The van der Waals surface area contributed by atoms with E-state index in [4.69, 9.17) is 4.74 Å². The number of aliphatic hydroxyl groups is 1. The van der Waals surface area contributed by atoms with Crippen molar-refractivity contribution in [1.29, 1.82) is 0 Å². The second kappa shape index (κ2) is 8.23. The van der Waals surface area contributed by atoms with Crippen molar-refractivity contribution < 1.29 is 24.4 Å². The van der Waals surface area contributed by atoms with Gasteiger partial charge in [0.1, 0.15) is 11.5 Å². The number of carbonyl (C=O) groups excluding carboxylic acids is 2. The Kier molecular flexibility index (Phi) is 5.45. The Labute approximate surface area is 186 Å². The quantitative estimate of drug-likeness (QED) is 0.204. The minimum atomic E-state index is -1.08. The average molecular weight is 451 g/mol. The largest absolute Gasteiger partial charge is 0.507 e. The fraction of sp³-hybridized carbons (Fsp3) is 0.136. The van der Waals surface area contributed by atoms with E-state index in [1.54, 1.807) is 36.6 Å². The third-order valence-corrected chi connectivity index (χ3v) is 5.91. The summed E-state index contributed by atoms with van der Waals surface area (Å²) in [5.41, 5.74) is 0.969. The minimum absolute atomic E-state index is 0.171. The molecule has 1 aliphatic heterocycles. The zero-order valence-corrected chi connectivity index (χ0v) is 17.8. The number of anilines is 1. The van der Waals surface area contributed by atoms with Crippen LogP contribution >= 0.6 is 11.3 Å². The molecular weight excluding hydrogens is 434 g/mol. The van der Waals surface area contributed by atoms with Crippen LogP contribution in [0.2, 0.25) is 0 Å². The Bertz CT molecular complexity index is 1270. The van der Waals surface area contributed by atoms with E-state index in [9.17, 15) is 24.8 Å². The summed E-state index contributed by atoms with van der Waals surface area (Å²) < 4.78 is 5.24. The van der Waals surface area contributed by atoms with Gasteiger partial charge < -0.3 is 9.84 Å². The number of aryl methyl sites for hydroxylation is 1. The first-order chi connectivity index (χ1) is 15.3. The molecule has 1 aromatic heterocycles. The van der Waals surface area contributed by atoms with Crippen molar-refractivity contribution in [3.63, 3.8) is 0 Å². The Morgan fingerprint density at radius 3 is 2.66 bits per heavy atom. The Balaban J connectivity index is 1.95. The molecule has 1 atom stereocenters. The van der Waals surface area contributed by atoms with Crippen LogP contribution in [0.15, 0.2) is 59.6 Å². The van der Waals surface area contributed by atoms with Crippen LogP contribution in [0.3, 0.4) is 0 Å². The molecule has 32 heavy (non-hydrogen) atoms. The number of ketones is 1. The number of thiazole rings is 1. The van der Waals surface area contributed by atoms with Gasteiger partial charge in [0, 0.05) is 29.3 Å². The molecule has 1 N–H and O–H groups in total. The van der Waals surface area contributed by atoms with E-state index in [1.807, 2.05) is 0 Å². The first kappa shape index (κ1) is 21.2. The second-order valence-electron chi connectivity index (χ2n) is 7.02. The molecule has 3 aromatic rings. The molecule has 10 heteroatoms. The average Bonchev–Trinajstić information content (AvgIpc) is 3.40. The summed E-state index contributed by atoms with van der Waals surface area (Å²) >= 11 is 1.14. The Morgan fingerprint density at radius 1 is 1.25 bits per heavy atom. The number of Topliss-reactive ketones (excluding diaryl/α,β-unsaturated/α-hetero) is 1. The highest BCUT2D eigenvalue weighted by Gasteiger charge is 2.48. The predicted molar refractivity (Wildman–Crippen MR) is 118 cm³/mol. The molecule has 1 unspecified atom stereocenters. The lowest BCUT2D eigenvalue weighted by Crippen LogP contribution is -2.29. The molecule has 0 saturated carbocycles. The van der Waals surface area contributed by atoms with Crippen LogP contribution in [-0.4, -0.2) is 33.8 Å². The van der Waals surface area contributed by atoms with Gasteiger partial charge in [-0.3, -0.25) is 24.6 Å². The van der Waals surface area contributed by atoms with Gasteiger partial charge >= 0.3 is 5.91 Å². The van der Waals surface area contributed by atoms with Gasteiger partial charge in [-0.25, -0.2) is 4.98 Å². The number of aliphatic hydroxyl groups excluding tert-OH is 1. The van der Waals surface area contributed by atoms with Crippen molar-refractivity contribution in [2.75, 3.05) is 12.0 Å². The monoisotopic (exact) mass is 451 g/mol.